The van der Waals surface area contributed by atoms with E-state index in [-0.39, 0.29) is 22.2 Å². The lowest BCUT2D eigenvalue weighted by molar-refractivity contribution is -0.137. The Balaban J connectivity index is 1.72. The van der Waals surface area contributed by atoms with Gasteiger partial charge in [0.05, 0.1) is 27.2 Å². The van der Waals surface area contributed by atoms with Crippen LogP contribution in [0.25, 0.3) is 0 Å². The molecule has 1 amide bonds. The first-order valence-electron chi connectivity index (χ1n) is 9.26. The molecular formula is C21H19Cl2F3N2O. The zero-order valence-corrected chi connectivity index (χ0v) is 17.1. The van der Waals surface area contributed by atoms with E-state index >= 15 is 0 Å². The molecule has 3 aliphatic rings. The maximum absolute atomic E-state index is 13.2. The van der Waals surface area contributed by atoms with Crippen LogP contribution in [0.2, 0.25) is 10.0 Å². The summed E-state index contributed by atoms with van der Waals surface area (Å²) < 4.78 is 39.7. The molecule has 2 aromatic carbocycles. The molecule has 0 aromatic heterocycles. The van der Waals surface area contributed by atoms with Gasteiger partial charge < -0.3 is 5.32 Å². The van der Waals surface area contributed by atoms with Gasteiger partial charge in [-0.2, -0.15) is 13.2 Å². The highest BCUT2D eigenvalue weighted by molar-refractivity contribution is 6.40. The minimum atomic E-state index is -4.68. The van der Waals surface area contributed by atoms with E-state index in [1.165, 1.54) is 0 Å². The number of hydrogen-bond donors (Lipinski definition) is 1. The van der Waals surface area contributed by atoms with Crippen LogP contribution in [0.3, 0.4) is 0 Å². The Kier molecular flexibility index (Phi) is 5.08. The molecule has 1 saturated carbocycles. The van der Waals surface area contributed by atoms with Crippen LogP contribution in [0.1, 0.15) is 40.4 Å². The highest BCUT2D eigenvalue weighted by Gasteiger charge is 2.59. The largest absolute Gasteiger partial charge is 0.417 e. The maximum atomic E-state index is 13.2. The fourth-order valence-corrected chi connectivity index (χ4v) is 5.41. The van der Waals surface area contributed by atoms with E-state index in [9.17, 15) is 18.0 Å². The van der Waals surface area contributed by atoms with Gasteiger partial charge in [0.15, 0.2) is 0 Å². The zero-order valence-electron chi connectivity index (χ0n) is 15.6. The van der Waals surface area contributed by atoms with Gasteiger partial charge in [-0.1, -0.05) is 53.5 Å². The third kappa shape index (κ3) is 3.41. The van der Waals surface area contributed by atoms with Gasteiger partial charge >= 0.3 is 6.18 Å². The van der Waals surface area contributed by atoms with Crippen LogP contribution in [0.4, 0.5) is 13.2 Å². The summed E-state index contributed by atoms with van der Waals surface area (Å²) in [5.41, 5.74) is -0.795. The second-order valence-electron chi connectivity index (χ2n) is 7.86. The Morgan fingerprint density at radius 3 is 2.38 bits per heavy atom. The minimum Gasteiger partial charge on any atom is -0.343 e. The summed E-state index contributed by atoms with van der Waals surface area (Å²) in [7, 11) is 2.01. The van der Waals surface area contributed by atoms with E-state index in [0.29, 0.717) is 5.92 Å². The van der Waals surface area contributed by atoms with Crippen LogP contribution in [0.5, 0.6) is 0 Å². The third-order valence-corrected chi connectivity index (χ3v) is 6.85. The molecule has 8 heteroatoms. The average molecular weight is 443 g/mol. The number of nitrogens with one attached hydrogen (secondary N) is 1. The number of hydrogen-bond acceptors (Lipinski definition) is 2. The summed E-state index contributed by atoms with van der Waals surface area (Å²) in [5.74, 6) is -0.137. The number of carbonyl (C=O) groups is 1. The molecule has 1 aliphatic carbocycles. The van der Waals surface area contributed by atoms with Crippen molar-refractivity contribution in [2.24, 2.45) is 5.92 Å². The minimum absolute atomic E-state index is 0.115. The van der Waals surface area contributed by atoms with Gasteiger partial charge in [0, 0.05) is 12.1 Å². The summed E-state index contributed by atoms with van der Waals surface area (Å²) in [5, 5.41) is 2.15. The third-order valence-electron chi connectivity index (χ3n) is 6.15. The number of amides is 1. The summed E-state index contributed by atoms with van der Waals surface area (Å²) >= 11 is 12.1. The maximum Gasteiger partial charge on any atom is 0.417 e. The van der Waals surface area contributed by atoms with Gasteiger partial charge in [-0.3, -0.25) is 9.69 Å². The number of halogens is 5. The molecule has 1 unspecified atom stereocenters. The van der Waals surface area contributed by atoms with Crippen molar-refractivity contribution in [2.45, 2.75) is 30.6 Å². The summed E-state index contributed by atoms with van der Waals surface area (Å²) in [4.78, 5) is 15.3. The molecule has 3 nitrogen and oxygen atoms in total. The molecule has 1 atom stereocenters. The van der Waals surface area contributed by atoms with Crippen molar-refractivity contribution in [2.75, 3.05) is 13.6 Å². The number of alkyl halides is 3. The average Bonchev–Trinajstić information content (AvgIpc) is 3.11. The quantitative estimate of drug-likeness (QED) is 0.670. The van der Waals surface area contributed by atoms with Gasteiger partial charge in [0.1, 0.15) is 0 Å². The van der Waals surface area contributed by atoms with Crippen LogP contribution in [-0.2, 0) is 6.18 Å². The Morgan fingerprint density at radius 1 is 1.17 bits per heavy atom. The molecular weight excluding hydrogens is 424 g/mol. The topological polar surface area (TPSA) is 32.3 Å². The van der Waals surface area contributed by atoms with E-state index in [1.54, 1.807) is 0 Å². The lowest BCUT2D eigenvalue weighted by atomic mass is 9.67. The molecule has 1 N–H and O–H groups in total. The summed E-state index contributed by atoms with van der Waals surface area (Å²) in [6.07, 6.45) is -2.83. The molecule has 0 spiro atoms. The fourth-order valence-electron chi connectivity index (χ4n) is 4.76. The highest BCUT2D eigenvalue weighted by atomic mass is 35.5. The molecule has 3 fully saturated rings. The molecule has 2 aromatic rings. The van der Waals surface area contributed by atoms with E-state index in [0.717, 1.165) is 37.1 Å². The second-order valence-corrected chi connectivity index (χ2v) is 8.64. The van der Waals surface area contributed by atoms with E-state index < -0.39 is 22.7 Å². The van der Waals surface area contributed by atoms with Crippen molar-refractivity contribution in [3.8, 4) is 0 Å². The molecule has 2 saturated heterocycles. The molecule has 2 aliphatic heterocycles. The lowest BCUT2D eigenvalue weighted by Gasteiger charge is -2.47. The highest BCUT2D eigenvalue weighted by Crippen LogP contribution is 2.56. The SMILES string of the molecule is CN1CC2CC1(C(NC(=O)c1c(Cl)ccc(C(F)(F)F)c1Cl)c1ccccc1)C2. The Bertz CT molecular complexity index is 943. The Hall–Kier alpha value is -1.76. The predicted octanol–water partition coefficient (Wildman–Crippen LogP) is 5.58. The van der Waals surface area contributed by atoms with Gasteiger partial charge in [-0.05, 0) is 43.5 Å². The van der Waals surface area contributed by atoms with Crippen LogP contribution in [0.15, 0.2) is 42.5 Å². The molecule has 154 valence electrons. The first-order valence-corrected chi connectivity index (χ1v) is 10.0. The monoisotopic (exact) mass is 442 g/mol. The van der Waals surface area contributed by atoms with E-state index in [4.69, 9.17) is 23.2 Å². The number of fused-ring (bicyclic) bond motifs is 1. The van der Waals surface area contributed by atoms with Gasteiger partial charge in [-0.25, -0.2) is 0 Å². The van der Waals surface area contributed by atoms with E-state index in [1.807, 2.05) is 37.4 Å². The molecule has 2 heterocycles. The first-order chi connectivity index (χ1) is 13.6. The van der Waals surface area contributed by atoms with Crippen molar-refractivity contribution in [3.05, 3.63) is 69.2 Å². The Labute approximate surface area is 176 Å². The summed E-state index contributed by atoms with van der Waals surface area (Å²) in [6.45, 7) is 0.935. The van der Waals surface area contributed by atoms with Crippen LogP contribution in [-0.4, -0.2) is 29.9 Å². The second kappa shape index (κ2) is 7.18. The van der Waals surface area contributed by atoms with Gasteiger partial charge in [0.25, 0.3) is 5.91 Å². The van der Waals surface area contributed by atoms with Gasteiger partial charge in [0.2, 0.25) is 0 Å². The number of carbonyl (C=O) groups excluding carboxylic acids is 1. The standard InChI is InChI=1S/C21H19Cl2F3N2O/c1-28-11-12-9-20(28,10-12)18(13-5-3-2-4-6-13)27-19(29)16-15(22)8-7-14(17(16)23)21(24,25)26/h2-8,12,18H,9-11H2,1H3,(H,27,29). The number of likely N-dealkylation sites (N-methyl/N-ethyl adjacent to an activating group) is 1. The van der Waals surface area contributed by atoms with Crippen LogP contribution < -0.4 is 5.32 Å². The molecule has 0 radical (unpaired) electrons. The number of benzene rings is 2. The van der Waals surface area contributed by atoms with Crippen molar-refractivity contribution >= 4 is 29.1 Å². The van der Waals surface area contributed by atoms with Crippen LogP contribution in [0, 0.1) is 5.92 Å². The molecule has 2 bridgehead atoms. The summed E-state index contributed by atoms with van der Waals surface area (Å²) in [6, 6.07) is 10.9. The molecule has 29 heavy (non-hydrogen) atoms. The fraction of sp³-hybridized carbons (Fsp3) is 0.381. The Morgan fingerprint density at radius 2 is 1.83 bits per heavy atom. The first kappa shape index (κ1) is 20.5. The zero-order chi connectivity index (χ0) is 21.0. The number of rotatable bonds is 4. The smallest absolute Gasteiger partial charge is 0.343 e. The van der Waals surface area contributed by atoms with Crippen molar-refractivity contribution < 1.29 is 18.0 Å². The number of nitrogens with zero attached hydrogens (tertiary/aromatic N) is 1. The normalized spacial score (nSPS) is 24.8. The van der Waals surface area contributed by atoms with Gasteiger partial charge in [-0.15, -0.1) is 0 Å². The van der Waals surface area contributed by atoms with Crippen LogP contribution >= 0.6 is 23.2 Å². The predicted molar refractivity (Wildman–Crippen MR) is 106 cm³/mol. The van der Waals surface area contributed by atoms with Crippen molar-refractivity contribution in [3.63, 3.8) is 0 Å². The van der Waals surface area contributed by atoms with Crippen molar-refractivity contribution in [1.82, 2.24) is 10.2 Å². The van der Waals surface area contributed by atoms with E-state index in [2.05, 4.69) is 10.2 Å². The lowest BCUT2D eigenvalue weighted by Crippen LogP contribution is -2.55. The van der Waals surface area contributed by atoms with Crippen molar-refractivity contribution in [1.29, 1.82) is 0 Å². The molecule has 5 rings (SSSR count).